The van der Waals surface area contributed by atoms with Crippen LogP contribution in [0, 0.1) is 11.8 Å². The van der Waals surface area contributed by atoms with Gasteiger partial charge in [0.15, 0.2) is 12.2 Å². The Hall–Kier alpha value is -1.94. The third-order valence-electron chi connectivity index (χ3n) is 18.5. The lowest BCUT2D eigenvalue weighted by molar-refractivity contribution is -0.161. The molecule has 5 atom stereocenters. The average molecular weight is 1440 g/mol. The van der Waals surface area contributed by atoms with E-state index in [0.29, 0.717) is 25.7 Å². The summed E-state index contributed by atoms with van der Waals surface area (Å²) in [4.78, 5) is 73.0. The first-order chi connectivity index (χ1) is 47.4. The number of unbranched alkanes of at least 4 members (excludes halogenated alkanes) is 48. The third-order valence-corrected chi connectivity index (χ3v) is 20.4. The smallest absolute Gasteiger partial charge is 0.462 e. The molecule has 19 heteroatoms. The van der Waals surface area contributed by atoms with Crippen molar-refractivity contribution in [1.82, 2.24) is 0 Å². The predicted octanol–water partition coefficient (Wildman–Crippen LogP) is 23.5. The molecule has 0 aromatic rings. The van der Waals surface area contributed by atoms with Crippen LogP contribution in [-0.2, 0) is 65.4 Å². The van der Waals surface area contributed by atoms with Gasteiger partial charge in [0.2, 0.25) is 0 Å². The van der Waals surface area contributed by atoms with Gasteiger partial charge in [0, 0.05) is 25.7 Å². The summed E-state index contributed by atoms with van der Waals surface area (Å²) in [5.74, 6) is -0.550. The van der Waals surface area contributed by atoms with Gasteiger partial charge in [-0.25, -0.2) is 9.13 Å². The molecule has 0 heterocycles. The van der Waals surface area contributed by atoms with Gasteiger partial charge in [-0.05, 0) is 37.5 Å². The van der Waals surface area contributed by atoms with Crippen molar-refractivity contribution in [2.24, 2.45) is 11.8 Å². The molecule has 0 radical (unpaired) electrons. The zero-order valence-electron chi connectivity index (χ0n) is 64.1. The average Bonchev–Trinajstić information content (AvgIpc) is 1.04. The SMILES string of the molecule is CCCCCCCCCCCCCCCCCCCC(=O)O[C@H](COC(=O)CCCCCCCCCCCCCCC(C)C)COP(=O)(O)OC[C@@H](O)COP(=O)(O)OC[C@@H](COC(=O)CCCCCCCCCCCCC)OC(=O)CCCCCCCCCCCCCCC(C)C. The first-order valence-corrected chi connectivity index (χ1v) is 44.0. The highest BCUT2D eigenvalue weighted by Gasteiger charge is 2.30. The summed E-state index contributed by atoms with van der Waals surface area (Å²) in [5.41, 5.74) is 0. The molecule has 0 amide bonds. The Bertz CT molecular complexity index is 1890. The molecule has 0 aliphatic heterocycles. The van der Waals surface area contributed by atoms with Crippen LogP contribution in [0.15, 0.2) is 0 Å². The zero-order valence-corrected chi connectivity index (χ0v) is 65.9. The van der Waals surface area contributed by atoms with Gasteiger partial charge in [-0.3, -0.25) is 37.3 Å². The molecule has 0 spiro atoms. The number of esters is 4. The Morgan fingerprint density at radius 1 is 0.276 bits per heavy atom. The van der Waals surface area contributed by atoms with Crippen LogP contribution < -0.4 is 0 Å². The number of carbonyl (C=O) groups excluding carboxylic acids is 4. The van der Waals surface area contributed by atoms with Crippen molar-refractivity contribution >= 4 is 39.5 Å². The second-order valence-electron chi connectivity index (χ2n) is 29.4. The van der Waals surface area contributed by atoms with Crippen LogP contribution in [0.4, 0.5) is 0 Å². The minimum Gasteiger partial charge on any atom is -0.462 e. The number of aliphatic hydroxyl groups excluding tert-OH is 1. The number of hydrogen-bond donors (Lipinski definition) is 3. The number of carbonyl (C=O) groups is 4. The normalized spacial score (nSPS) is 13.9. The van der Waals surface area contributed by atoms with Crippen LogP contribution in [0.3, 0.4) is 0 Å². The second-order valence-corrected chi connectivity index (χ2v) is 32.3. The number of phosphoric acid groups is 2. The van der Waals surface area contributed by atoms with Gasteiger partial charge in [-0.2, -0.15) is 0 Å². The lowest BCUT2D eigenvalue weighted by atomic mass is 10.0. The second kappa shape index (κ2) is 70.7. The molecule has 582 valence electrons. The maximum atomic E-state index is 13.1. The monoisotopic (exact) mass is 1440 g/mol. The van der Waals surface area contributed by atoms with E-state index in [9.17, 15) is 43.2 Å². The fourth-order valence-electron chi connectivity index (χ4n) is 12.2. The zero-order chi connectivity index (χ0) is 72.1. The van der Waals surface area contributed by atoms with Crippen LogP contribution in [0.25, 0.3) is 0 Å². The summed E-state index contributed by atoms with van der Waals surface area (Å²) in [5, 5.41) is 10.6. The summed E-state index contributed by atoms with van der Waals surface area (Å²) in [6, 6.07) is 0. The quantitative estimate of drug-likeness (QED) is 0.0222. The summed E-state index contributed by atoms with van der Waals surface area (Å²) >= 11 is 0. The summed E-state index contributed by atoms with van der Waals surface area (Å²) in [6.45, 7) is 9.65. The number of aliphatic hydroxyl groups is 1. The maximum Gasteiger partial charge on any atom is 0.472 e. The van der Waals surface area contributed by atoms with E-state index in [1.54, 1.807) is 0 Å². The molecule has 0 saturated carbocycles. The minimum absolute atomic E-state index is 0.107. The highest BCUT2D eigenvalue weighted by Crippen LogP contribution is 2.45. The van der Waals surface area contributed by atoms with Crippen molar-refractivity contribution in [1.29, 1.82) is 0 Å². The summed E-state index contributed by atoms with van der Waals surface area (Å²) in [6.07, 6.45) is 59.5. The molecule has 98 heavy (non-hydrogen) atoms. The van der Waals surface area contributed by atoms with Gasteiger partial charge in [0.05, 0.1) is 26.4 Å². The lowest BCUT2D eigenvalue weighted by Gasteiger charge is -2.21. The van der Waals surface area contributed by atoms with Crippen LogP contribution in [0.5, 0.6) is 0 Å². The molecule has 0 aliphatic carbocycles. The van der Waals surface area contributed by atoms with Crippen molar-refractivity contribution in [2.45, 2.75) is 432 Å². The first-order valence-electron chi connectivity index (χ1n) is 41.0. The van der Waals surface area contributed by atoms with E-state index in [4.69, 9.17) is 37.0 Å². The van der Waals surface area contributed by atoms with Crippen LogP contribution >= 0.6 is 15.6 Å². The lowest BCUT2D eigenvalue weighted by Crippen LogP contribution is -2.30. The maximum absolute atomic E-state index is 13.1. The Balaban J connectivity index is 5.26. The molecule has 2 unspecified atom stereocenters. The molecule has 0 fully saturated rings. The van der Waals surface area contributed by atoms with Crippen molar-refractivity contribution < 1.29 is 80.2 Å². The largest absolute Gasteiger partial charge is 0.472 e. The van der Waals surface area contributed by atoms with Crippen molar-refractivity contribution in [2.75, 3.05) is 39.6 Å². The predicted molar refractivity (Wildman–Crippen MR) is 400 cm³/mol. The van der Waals surface area contributed by atoms with E-state index in [1.807, 2.05) is 0 Å². The topological polar surface area (TPSA) is 237 Å². The van der Waals surface area contributed by atoms with Crippen molar-refractivity contribution in [3.63, 3.8) is 0 Å². The van der Waals surface area contributed by atoms with E-state index in [0.717, 1.165) is 102 Å². The van der Waals surface area contributed by atoms with Gasteiger partial charge in [-0.1, -0.05) is 363 Å². The Kier molecular flexibility index (Phi) is 69.3. The fourth-order valence-corrected chi connectivity index (χ4v) is 13.8. The number of ether oxygens (including phenoxy) is 4. The molecular weight excluding hydrogens is 1280 g/mol. The standard InChI is InChI=1S/C79H154O17P2/c1-7-9-11-13-15-17-19-20-21-22-23-24-33-39-45-51-57-63-78(83)95-75(68-90-77(82)62-56-50-44-38-32-27-25-30-35-41-47-53-59-71(3)4)70-94-98(87,88)92-66-73(80)65-91-97(85,86)93-69-74(67-89-76(81)61-55-49-43-37-29-18-16-14-12-10-8-2)96-79(84)64-58-52-46-40-34-28-26-31-36-42-48-54-60-72(5)6/h71-75,80H,7-70H2,1-6H3,(H,85,86)(H,87,88)/t73-,74+,75+/m0/s1. The Morgan fingerprint density at radius 3 is 0.694 bits per heavy atom. The van der Waals surface area contributed by atoms with E-state index in [2.05, 4.69) is 41.5 Å². The van der Waals surface area contributed by atoms with Crippen molar-refractivity contribution in [3.05, 3.63) is 0 Å². The van der Waals surface area contributed by atoms with E-state index >= 15 is 0 Å². The minimum atomic E-state index is -4.96. The molecule has 0 aliphatic rings. The Labute approximate surface area is 600 Å². The number of hydrogen-bond acceptors (Lipinski definition) is 15. The fraction of sp³-hybridized carbons (Fsp3) is 0.949. The van der Waals surface area contributed by atoms with Gasteiger partial charge >= 0.3 is 39.5 Å². The first kappa shape index (κ1) is 96.1. The summed E-state index contributed by atoms with van der Waals surface area (Å²) < 4.78 is 68.7. The van der Waals surface area contributed by atoms with Gasteiger partial charge < -0.3 is 33.8 Å². The van der Waals surface area contributed by atoms with E-state index in [-0.39, 0.29) is 25.7 Å². The summed E-state index contributed by atoms with van der Waals surface area (Å²) in [7, 11) is -9.92. The highest BCUT2D eigenvalue weighted by atomic mass is 31.2. The highest BCUT2D eigenvalue weighted by molar-refractivity contribution is 7.47. The molecule has 0 rings (SSSR count). The van der Waals surface area contributed by atoms with Crippen LogP contribution in [0.1, 0.15) is 414 Å². The Morgan fingerprint density at radius 2 is 0.469 bits per heavy atom. The molecule has 0 saturated heterocycles. The molecule has 0 aromatic carbocycles. The van der Waals surface area contributed by atoms with E-state index in [1.165, 1.54) is 231 Å². The molecule has 0 bridgehead atoms. The molecular formula is C79H154O17P2. The van der Waals surface area contributed by atoms with Gasteiger partial charge in [0.1, 0.15) is 19.3 Å². The van der Waals surface area contributed by atoms with Crippen LogP contribution in [0.2, 0.25) is 0 Å². The third kappa shape index (κ3) is 72.4. The van der Waals surface area contributed by atoms with Gasteiger partial charge in [-0.15, -0.1) is 0 Å². The van der Waals surface area contributed by atoms with Crippen molar-refractivity contribution in [3.8, 4) is 0 Å². The number of rotatable bonds is 78. The molecule has 17 nitrogen and oxygen atoms in total. The van der Waals surface area contributed by atoms with Crippen LogP contribution in [-0.4, -0.2) is 96.7 Å². The number of phosphoric ester groups is 2. The van der Waals surface area contributed by atoms with E-state index < -0.39 is 97.5 Å². The van der Waals surface area contributed by atoms with Gasteiger partial charge in [0.25, 0.3) is 0 Å². The molecule has 3 N–H and O–H groups in total. The molecule has 0 aromatic heterocycles.